The van der Waals surface area contributed by atoms with Gasteiger partial charge in [0, 0.05) is 5.92 Å². The van der Waals surface area contributed by atoms with Gasteiger partial charge in [0.1, 0.15) is 0 Å². The van der Waals surface area contributed by atoms with Crippen LogP contribution in [0.2, 0.25) is 0 Å². The predicted octanol–water partition coefficient (Wildman–Crippen LogP) is 1.93. The molecular formula is C4H6ClF. The van der Waals surface area contributed by atoms with Gasteiger partial charge in [0.25, 0.3) is 0 Å². The Morgan fingerprint density at radius 2 is 2.17 bits per heavy atom. The van der Waals surface area contributed by atoms with Crippen molar-refractivity contribution in [1.82, 2.24) is 0 Å². The SMILES string of the molecule is FC(Cl)C1CC1. The molecule has 1 saturated carbocycles. The highest BCUT2D eigenvalue weighted by Gasteiger charge is 2.29. The maximum Gasteiger partial charge on any atom is 0.176 e. The Morgan fingerprint density at radius 3 is 2.17 bits per heavy atom. The maximum absolute atomic E-state index is 11.7. The van der Waals surface area contributed by atoms with Gasteiger partial charge in [0.05, 0.1) is 0 Å². The third kappa shape index (κ3) is 0.839. The minimum Gasteiger partial charge on any atom is -0.230 e. The van der Waals surface area contributed by atoms with Crippen LogP contribution >= 0.6 is 11.6 Å². The predicted molar refractivity (Wildman–Crippen MR) is 23.5 cm³/mol. The molecule has 6 heavy (non-hydrogen) atoms. The van der Waals surface area contributed by atoms with E-state index in [4.69, 9.17) is 11.6 Å². The molecule has 0 radical (unpaired) electrons. The number of hydrogen-bond donors (Lipinski definition) is 0. The monoisotopic (exact) mass is 108 g/mol. The highest BCUT2D eigenvalue weighted by molar-refractivity contribution is 6.19. The first kappa shape index (κ1) is 4.38. The number of halogens is 2. The molecule has 1 fully saturated rings. The summed E-state index contributed by atoms with van der Waals surface area (Å²) in [6.07, 6.45) is 1.98. The van der Waals surface area contributed by atoms with Crippen molar-refractivity contribution >= 4 is 11.6 Å². The summed E-state index contributed by atoms with van der Waals surface area (Å²) in [5, 5.41) is 0. The number of alkyl halides is 2. The summed E-state index contributed by atoms with van der Waals surface area (Å²) in [4.78, 5) is 0. The van der Waals surface area contributed by atoms with Crippen molar-refractivity contribution < 1.29 is 4.39 Å². The van der Waals surface area contributed by atoms with Gasteiger partial charge >= 0.3 is 0 Å². The fraction of sp³-hybridized carbons (Fsp3) is 1.00. The molecule has 1 aliphatic carbocycles. The summed E-state index contributed by atoms with van der Waals surface area (Å²) in [5.74, 6) is 0.201. The molecule has 0 aromatic rings. The normalized spacial score (nSPS) is 27.0. The van der Waals surface area contributed by atoms with Crippen LogP contribution in [-0.4, -0.2) is 5.63 Å². The molecule has 1 aliphatic rings. The van der Waals surface area contributed by atoms with Gasteiger partial charge in [0.15, 0.2) is 5.63 Å². The average molecular weight is 109 g/mol. The van der Waals surface area contributed by atoms with Crippen molar-refractivity contribution in [2.24, 2.45) is 5.92 Å². The van der Waals surface area contributed by atoms with E-state index in [1.54, 1.807) is 0 Å². The van der Waals surface area contributed by atoms with Crippen molar-refractivity contribution in [3.63, 3.8) is 0 Å². The Bertz CT molecular complexity index is 49.5. The summed E-state index contributed by atoms with van der Waals surface area (Å²) in [7, 11) is 0. The smallest absolute Gasteiger partial charge is 0.176 e. The van der Waals surface area contributed by atoms with E-state index in [1.807, 2.05) is 0 Å². The Labute approximate surface area is 41.3 Å². The van der Waals surface area contributed by atoms with E-state index in [0.29, 0.717) is 0 Å². The molecule has 0 N–H and O–H groups in total. The quantitative estimate of drug-likeness (QED) is 0.451. The second-order valence-electron chi connectivity index (χ2n) is 1.67. The second-order valence-corrected chi connectivity index (χ2v) is 2.09. The summed E-state index contributed by atoms with van der Waals surface area (Å²) < 4.78 is 11.7. The van der Waals surface area contributed by atoms with Crippen LogP contribution in [0, 0.1) is 5.92 Å². The van der Waals surface area contributed by atoms with E-state index >= 15 is 0 Å². The van der Waals surface area contributed by atoms with Crippen molar-refractivity contribution in [2.45, 2.75) is 18.5 Å². The Morgan fingerprint density at radius 1 is 1.67 bits per heavy atom. The van der Waals surface area contributed by atoms with E-state index in [1.165, 1.54) is 0 Å². The Kier molecular flexibility index (Phi) is 1.00. The van der Waals surface area contributed by atoms with E-state index < -0.39 is 5.63 Å². The highest BCUT2D eigenvalue weighted by Crippen LogP contribution is 2.35. The van der Waals surface area contributed by atoms with Crippen LogP contribution in [0.4, 0.5) is 4.39 Å². The van der Waals surface area contributed by atoms with Gasteiger partial charge in [-0.25, -0.2) is 4.39 Å². The van der Waals surface area contributed by atoms with Gasteiger partial charge in [-0.1, -0.05) is 11.6 Å². The van der Waals surface area contributed by atoms with E-state index in [-0.39, 0.29) is 5.92 Å². The molecule has 2 heteroatoms. The van der Waals surface area contributed by atoms with Crippen LogP contribution in [0.1, 0.15) is 12.8 Å². The third-order valence-corrected chi connectivity index (χ3v) is 1.33. The molecular weight excluding hydrogens is 102 g/mol. The third-order valence-electron chi connectivity index (χ3n) is 0.978. The Balaban J connectivity index is 2.13. The molecule has 1 unspecified atom stereocenters. The summed E-state index contributed by atoms with van der Waals surface area (Å²) >= 11 is 5.01. The Hall–Kier alpha value is 0.220. The largest absolute Gasteiger partial charge is 0.230 e. The van der Waals surface area contributed by atoms with Crippen LogP contribution in [0.25, 0.3) is 0 Å². The molecule has 0 nitrogen and oxygen atoms in total. The molecule has 0 heterocycles. The van der Waals surface area contributed by atoms with Crippen LogP contribution in [-0.2, 0) is 0 Å². The first-order chi connectivity index (χ1) is 2.80. The van der Waals surface area contributed by atoms with Gasteiger partial charge < -0.3 is 0 Å². The fourth-order valence-corrected chi connectivity index (χ4v) is 0.600. The minimum absolute atomic E-state index is 0.201. The standard InChI is InChI=1S/C4H6ClF/c5-4(6)3-1-2-3/h3-4H,1-2H2. The van der Waals surface area contributed by atoms with Gasteiger partial charge in [-0.3, -0.25) is 0 Å². The van der Waals surface area contributed by atoms with Crippen LogP contribution in [0.3, 0.4) is 0 Å². The zero-order valence-electron chi connectivity index (χ0n) is 3.32. The summed E-state index contributed by atoms with van der Waals surface area (Å²) in [6.45, 7) is 0. The van der Waals surface area contributed by atoms with Gasteiger partial charge in [-0.15, -0.1) is 0 Å². The lowest BCUT2D eigenvalue weighted by Gasteiger charge is -1.86. The molecule has 1 rings (SSSR count). The van der Waals surface area contributed by atoms with Crippen LogP contribution in [0.5, 0.6) is 0 Å². The van der Waals surface area contributed by atoms with Gasteiger partial charge in [0.2, 0.25) is 0 Å². The fourth-order valence-electron chi connectivity index (χ4n) is 0.348. The number of hydrogen-bond acceptors (Lipinski definition) is 0. The lowest BCUT2D eigenvalue weighted by atomic mass is 10.5. The van der Waals surface area contributed by atoms with Crippen molar-refractivity contribution in [2.75, 3.05) is 0 Å². The summed E-state index contributed by atoms with van der Waals surface area (Å²) in [6, 6.07) is 0. The zero-order valence-corrected chi connectivity index (χ0v) is 4.08. The molecule has 0 aromatic carbocycles. The molecule has 0 bridgehead atoms. The first-order valence-corrected chi connectivity index (χ1v) is 2.52. The summed E-state index contributed by atoms with van der Waals surface area (Å²) in [5.41, 5.74) is -1.06. The maximum atomic E-state index is 11.7. The van der Waals surface area contributed by atoms with Crippen molar-refractivity contribution in [1.29, 1.82) is 0 Å². The zero-order chi connectivity index (χ0) is 4.57. The molecule has 0 spiro atoms. The second kappa shape index (κ2) is 1.38. The van der Waals surface area contributed by atoms with Crippen LogP contribution in [0.15, 0.2) is 0 Å². The molecule has 0 saturated heterocycles. The topological polar surface area (TPSA) is 0 Å². The van der Waals surface area contributed by atoms with E-state index in [0.717, 1.165) is 12.8 Å². The van der Waals surface area contributed by atoms with E-state index in [2.05, 4.69) is 0 Å². The highest BCUT2D eigenvalue weighted by atomic mass is 35.5. The molecule has 0 amide bonds. The molecule has 0 aromatic heterocycles. The lowest BCUT2D eigenvalue weighted by Crippen LogP contribution is -1.87. The van der Waals surface area contributed by atoms with Crippen LogP contribution < -0.4 is 0 Å². The lowest BCUT2D eigenvalue weighted by molar-refractivity contribution is 0.405. The minimum atomic E-state index is -1.06. The first-order valence-electron chi connectivity index (χ1n) is 2.09. The van der Waals surface area contributed by atoms with Gasteiger partial charge in [-0.2, -0.15) is 0 Å². The van der Waals surface area contributed by atoms with E-state index in [9.17, 15) is 4.39 Å². The average Bonchev–Trinajstić information content (AvgIpc) is 2.06. The molecule has 36 valence electrons. The molecule has 0 aliphatic heterocycles. The number of rotatable bonds is 1. The van der Waals surface area contributed by atoms with Gasteiger partial charge in [-0.05, 0) is 12.8 Å². The van der Waals surface area contributed by atoms with Crippen molar-refractivity contribution in [3.05, 3.63) is 0 Å². The molecule has 1 atom stereocenters. The van der Waals surface area contributed by atoms with Crippen molar-refractivity contribution in [3.8, 4) is 0 Å².